The number of nitrogens with one attached hydrogen (secondary N) is 1. The first-order valence-electron chi connectivity index (χ1n) is 6.68. The molecule has 6 heteroatoms. The van der Waals surface area contributed by atoms with Gasteiger partial charge in [0.15, 0.2) is 0 Å². The van der Waals surface area contributed by atoms with E-state index in [2.05, 4.69) is 15.5 Å². The Morgan fingerprint density at radius 2 is 1.95 bits per heavy atom. The molecule has 0 aliphatic rings. The minimum absolute atomic E-state index is 0.0171. The van der Waals surface area contributed by atoms with E-state index < -0.39 is 0 Å². The van der Waals surface area contributed by atoms with E-state index >= 15 is 0 Å². The lowest BCUT2D eigenvalue weighted by atomic mass is 10.0. The molecule has 0 aliphatic heterocycles. The van der Waals surface area contributed by atoms with E-state index in [1.165, 1.54) is 4.80 Å². The number of hydrogen-bond acceptors (Lipinski definition) is 4. The Morgan fingerprint density at radius 1 is 1.30 bits per heavy atom. The largest absolute Gasteiger partial charge is 0.330 e. The lowest BCUT2D eigenvalue weighted by Crippen LogP contribution is -2.21. The van der Waals surface area contributed by atoms with Crippen molar-refractivity contribution >= 4 is 11.6 Å². The Labute approximate surface area is 118 Å². The first-order valence-corrected chi connectivity index (χ1v) is 6.68. The summed E-state index contributed by atoms with van der Waals surface area (Å²) in [6.45, 7) is 2.52. The van der Waals surface area contributed by atoms with Crippen LogP contribution in [0.25, 0.3) is 5.69 Å². The lowest BCUT2D eigenvalue weighted by molar-refractivity contribution is -0.119. The van der Waals surface area contributed by atoms with E-state index in [9.17, 15) is 4.79 Å². The molecular weight excluding hydrogens is 254 g/mol. The first-order chi connectivity index (χ1) is 9.70. The van der Waals surface area contributed by atoms with Crippen LogP contribution in [-0.2, 0) is 4.79 Å². The van der Waals surface area contributed by atoms with Crippen molar-refractivity contribution < 1.29 is 4.79 Å². The van der Waals surface area contributed by atoms with Gasteiger partial charge in [0.1, 0.15) is 0 Å². The molecule has 1 unspecified atom stereocenters. The molecule has 0 bridgehead atoms. The third-order valence-electron chi connectivity index (χ3n) is 3.07. The Bertz CT molecular complexity index is 535. The number of nitrogens with two attached hydrogens (primary N) is 1. The molecule has 0 fully saturated rings. The van der Waals surface area contributed by atoms with Gasteiger partial charge in [0.2, 0.25) is 5.91 Å². The molecule has 2 rings (SSSR count). The van der Waals surface area contributed by atoms with Crippen molar-refractivity contribution in [3.63, 3.8) is 0 Å². The second kappa shape index (κ2) is 6.81. The summed E-state index contributed by atoms with van der Waals surface area (Å²) in [5, 5.41) is 11.0. The monoisotopic (exact) mass is 273 g/mol. The summed E-state index contributed by atoms with van der Waals surface area (Å²) in [5.41, 5.74) is 7.07. The summed E-state index contributed by atoms with van der Waals surface area (Å²) >= 11 is 0. The SMILES string of the molecule is CC(CCCN)C(=O)Nc1ccc(-n2nccn2)cc1. The van der Waals surface area contributed by atoms with Crippen molar-refractivity contribution in [3.8, 4) is 5.69 Å². The molecular formula is C14H19N5O. The maximum atomic E-state index is 12.0. The van der Waals surface area contributed by atoms with Gasteiger partial charge in [-0.2, -0.15) is 15.0 Å². The van der Waals surface area contributed by atoms with Gasteiger partial charge in [-0.25, -0.2) is 0 Å². The molecule has 0 radical (unpaired) electrons. The van der Waals surface area contributed by atoms with Gasteiger partial charge in [0, 0.05) is 11.6 Å². The summed E-state index contributed by atoms with van der Waals surface area (Å²) in [6.07, 6.45) is 4.90. The van der Waals surface area contributed by atoms with Crippen LogP contribution in [0.1, 0.15) is 19.8 Å². The summed E-state index contributed by atoms with van der Waals surface area (Å²) in [7, 11) is 0. The Kier molecular flexibility index (Phi) is 4.84. The number of carbonyl (C=O) groups is 1. The fourth-order valence-electron chi connectivity index (χ4n) is 1.85. The maximum absolute atomic E-state index is 12.0. The zero-order valence-electron chi connectivity index (χ0n) is 11.5. The molecule has 1 aromatic carbocycles. The standard InChI is InChI=1S/C14H19N5O/c1-11(3-2-8-15)14(20)18-12-4-6-13(7-5-12)19-16-9-10-17-19/h4-7,9-11H,2-3,8,15H2,1H3,(H,18,20). The number of carbonyl (C=O) groups excluding carboxylic acids is 1. The van der Waals surface area contributed by atoms with Gasteiger partial charge >= 0.3 is 0 Å². The van der Waals surface area contributed by atoms with Crippen molar-refractivity contribution in [1.29, 1.82) is 0 Å². The normalized spacial score (nSPS) is 12.1. The summed E-state index contributed by atoms with van der Waals surface area (Å²) in [6, 6.07) is 7.40. The van der Waals surface area contributed by atoms with Crippen LogP contribution in [0.15, 0.2) is 36.7 Å². The average molecular weight is 273 g/mol. The van der Waals surface area contributed by atoms with Crippen LogP contribution < -0.4 is 11.1 Å². The van der Waals surface area contributed by atoms with Gasteiger partial charge in [-0.05, 0) is 43.7 Å². The van der Waals surface area contributed by atoms with Crippen LogP contribution in [0.5, 0.6) is 0 Å². The van der Waals surface area contributed by atoms with E-state index in [1.54, 1.807) is 12.4 Å². The molecule has 1 atom stereocenters. The van der Waals surface area contributed by atoms with E-state index in [-0.39, 0.29) is 11.8 Å². The van der Waals surface area contributed by atoms with Crippen LogP contribution in [0.2, 0.25) is 0 Å². The Balaban J connectivity index is 1.95. The van der Waals surface area contributed by atoms with Crippen molar-refractivity contribution in [2.24, 2.45) is 11.7 Å². The molecule has 0 saturated carbocycles. The summed E-state index contributed by atoms with van der Waals surface area (Å²) in [5.74, 6) is -0.0191. The first kappa shape index (κ1) is 14.2. The minimum atomic E-state index is -0.0361. The molecule has 1 aromatic heterocycles. The minimum Gasteiger partial charge on any atom is -0.330 e. The van der Waals surface area contributed by atoms with E-state index in [1.807, 2.05) is 31.2 Å². The predicted octanol–water partition coefficient (Wildman–Crippen LogP) is 1.58. The number of rotatable bonds is 6. The molecule has 1 heterocycles. The molecule has 6 nitrogen and oxygen atoms in total. The number of nitrogens with zero attached hydrogens (tertiary/aromatic N) is 3. The Morgan fingerprint density at radius 3 is 2.55 bits per heavy atom. The quantitative estimate of drug-likeness (QED) is 0.836. The second-order valence-corrected chi connectivity index (χ2v) is 4.69. The average Bonchev–Trinajstić information content (AvgIpc) is 2.99. The van der Waals surface area contributed by atoms with Gasteiger partial charge < -0.3 is 11.1 Å². The third-order valence-corrected chi connectivity index (χ3v) is 3.07. The topological polar surface area (TPSA) is 85.8 Å². The van der Waals surface area contributed by atoms with Crippen LogP contribution in [0.3, 0.4) is 0 Å². The van der Waals surface area contributed by atoms with Crippen LogP contribution in [0, 0.1) is 5.92 Å². The van der Waals surface area contributed by atoms with Crippen LogP contribution in [-0.4, -0.2) is 27.4 Å². The highest BCUT2D eigenvalue weighted by molar-refractivity contribution is 5.92. The van der Waals surface area contributed by atoms with E-state index in [0.29, 0.717) is 6.54 Å². The molecule has 0 aliphatic carbocycles. The molecule has 0 saturated heterocycles. The Hall–Kier alpha value is -2.21. The number of benzene rings is 1. The van der Waals surface area contributed by atoms with E-state index in [4.69, 9.17) is 5.73 Å². The highest BCUT2D eigenvalue weighted by Gasteiger charge is 2.12. The second-order valence-electron chi connectivity index (χ2n) is 4.69. The number of aromatic nitrogens is 3. The van der Waals surface area contributed by atoms with Gasteiger partial charge in [-0.1, -0.05) is 6.92 Å². The van der Waals surface area contributed by atoms with E-state index in [0.717, 1.165) is 24.2 Å². The fraction of sp³-hybridized carbons (Fsp3) is 0.357. The zero-order valence-corrected chi connectivity index (χ0v) is 11.5. The molecule has 3 N–H and O–H groups in total. The van der Waals surface area contributed by atoms with Gasteiger partial charge in [0.25, 0.3) is 0 Å². The van der Waals surface area contributed by atoms with Crippen molar-refractivity contribution in [3.05, 3.63) is 36.7 Å². The van der Waals surface area contributed by atoms with Crippen molar-refractivity contribution in [1.82, 2.24) is 15.0 Å². The summed E-state index contributed by atoms with van der Waals surface area (Å²) in [4.78, 5) is 13.5. The molecule has 2 aromatic rings. The fourth-order valence-corrected chi connectivity index (χ4v) is 1.85. The lowest BCUT2D eigenvalue weighted by Gasteiger charge is -2.11. The summed E-state index contributed by atoms with van der Waals surface area (Å²) < 4.78 is 0. The smallest absolute Gasteiger partial charge is 0.227 e. The van der Waals surface area contributed by atoms with Gasteiger partial charge in [-0.15, -0.1) is 0 Å². The highest BCUT2D eigenvalue weighted by atomic mass is 16.1. The third kappa shape index (κ3) is 3.64. The van der Waals surface area contributed by atoms with Gasteiger partial charge in [0.05, 0.1) is 18.1 Å². The van der Waals surface area contributed by atoms with Gasteiger partial charge in [-0.3, -0.25) is 4.79 Å². The highest BCUT2D eigenvalue weighted by Crippen LogP contribution is 2.14. The van der Waals surface area contributed by atoms with Crippen molar-refractivity contribution in [2.45, 2.75) is 19.8 Å². The van der Waals surface area contributed by atoms with Crippen LogP contribution >= 0.6 is 0 Å². The predicted molar refractivity (Wildman–Crippen MR) is 77.4 cm³/mol. The molecule has 106 valence electrons. The van der Waals surface area contributed by atoms with Crippen LogP contribution in [0.4, 0.5) is 5.69 Å². The number of anilines is 1. The zero-order chi connectivity index (χ0) is 14.4. The number of amides is 1. The maximum Gasteiger partial charge on any atom is 0.227 e. The number of hydrogen-bond donors (Lipinski definition) is 2. The molecule has 0 spiro atoms. The molecule has 20 heavy (non-hydrogen) atoms. The van der Waals surface area contributed by atoms with Crippen molar-refractivity contribution in [2.75, 3.05) is 11.9 Å². The molecule has 1 amide bonds.